The van der Waals surface area contributed by atoms with Crippen molar-refractivity contribution in [1.29, 1.82) is 0 Å². The van der Waals surface area contributed by atoms with E-state index in [1.807, 2.05) is 27.7 Å². The van der Waals surface area contributed by atoms with Crippen LogP contribution in [0.1, 0.15) is 34.1 Å². The van der Waals surface area contributed by atoms with Crippen LogP contribution in [-0.2, 0) is 18.1 Å². The highest BCUT2D eigenvalue weighted by molar-refractivity contribution is 6.60. The van der Waals surface area contributed by atoms with Crippen molar-refractivity contribution in [2.45, 2.75) is 40.2 Å². The highest BCUT2D eigenvalue weighted by atomic mass is 28.4. The van der Waals surface area contributed by atoms with Gasteiger partial charge in [0.25, 0.3) is 0 Å². The molecular weight excluding hydrogens is 262 g/mol. The van der Waals surface area contributed by atoms with E-state index in [1.165, 1.54) is 6.08 Å². The Labute approximate surface area is 117 Å². The second kappa shape index (κ2) is 11.2. The zero-order valence-corrected chi connectivity index (χ0v) is 13.5. The second-order valence-corrected chi connectivity index (χ2v) is 6.61. The van der Waals surface area contributed by atoms with E-state index in [0.717, 1.165) is 12.5 Å². The van der Waals surface area contributed by atoms with Gasteiger partial charge >= 0.3 is 8.80 Å². The first-order valence-corrected chi connectivity index (χ1v) is 8.89. The lowest BCUT2D eigenvalue weighted by atomic mass is 10.4. The Balaban J connectivity index is 4.20. The molecule has 5 nitrogen and oxygen atoms in total. The molecule has 1 N–H and O–H groups in total. The Morgan fingerprint density at radius 1 is 1.11 bits per heavy atom. The average molecular weight is 289 g/mol. The minimum Gasteiger partial charge on any atom is -0.374 e. The highest BCUT2D eigenvalue weighted by Gasteiger charge is 2.39. The molecule has 112 valence electrons. The van der Waals surface area contributed by atoms with Crippen molar-refractivity contribution in [2.75, 3.05) is 26.4 Å². The number of carbonyl (C=O) groups is 1. The molecule has 0 rings (SSSR count). The number of rotatable bonds is 11. The minimum atomic E-state index is -2.56. The summed E-state index contributed by atoms with van der Waals surface area (Å²) in [5.74, 6) is -0.0704. The van der Waals surface area contributed by atoms with Gasteiger partial charge in [-0.1, -0.05) is 6.08 Å². The molecule has 6 heteroatoms. The van der Waals surface area contributed by atoms with E-state index in [9.17, 15) is 4.79 Å². The van der Waals surface area contributed by atoms with Gasteiger partial charge in [-0.25, -0.2) is 0 Å². The van der Waals surface area contributed by atoms with Crippen LogP contribution in [-0.4, -0.2) is 41.1 Å². The lowest BCUT2D eigenvalue weighted by Gasteiger charge is -2.28. The van der Waals surface area contributed by atoms with Crippen molar-refractivity contribution in [3.8, 4) is 0 Å². The van der Waals surface area contributed by atoms with E-state index in [4.69, 9.17) is 13.3 Å². The molecule has 0 aromatic carbocycles. The van der Waals surface area contributed by atoms with Crippen LogP contribution in [0.5, 0.6) is 0 Å². The summed E-state index contributed by atoms with van der Waals surface area (Å²) in [6.07, 6.45) is 4.02. The Bertz CT molecular complexity index is 254. The number of nitrogens with one attached hydrogen (secondary N) is 1. The monoisotopic (exact) mass is 289 g/mol. The van der Waals surface area contributed by atoms with E-state index in [2.05, 4.69) is 5.32 Å². The van der Waals surface area contributed by atoms with Gasteiger partial charge in [0.15, 0.2) is 0 Å². The van der Waals surface area contributed by atoms with Crippen LogP contribution in [0.25, 0.3) is 0 Å². The Morgan fingerprint density at radius 2 is 1.63 bits per heavy atom. The van der Waals surface area contributed by atoms with E-state index in [1.54, 1.807) is 6.08 Å². The third kappa shape index (κ3) is 8.15. The van der Waals surface area contributed by atoms with Crippen molar-refractivity contribution in [3.63, 3.8) is 0 Å². The first kappa shape index (κ1) is 18.3. The summed E-state index contributed by atoms with van der Waals surface area (Å²) in [6, 6.07) is 0.721. The predicted octanol–water partition coefficient (Wildman–Crippen LogP) is 2.12. The molecule has 0 radical (unpaired) electrons. The number of hydrogen-bond donors (Lipinski definition) is 1. The molecule has 0 fully saturated rings. The molecule has 0 aliphatic carbocycles. The molecule has 0 aromatic heterocycles. The number of amides is 1. The van der Waals surface area contributed by atoms with Gasteiger partial charge < -0.3 is 18.6 Å². The lowest BCUT2D eigenvalue weighted by Crippen LogP contribution is -2.46. The minimum absolute atomic E-state index is 0.0704. The summed E-state index contributed by atoms with van der Waals surface area (Å²) in [5.41, 5.74) is 0. The van der Waals surface area contributed by atoms with Crippen LogP contribution in [0, 0.1) is 0 Å². The summed E-state index contributed by atoms with van der Waals surface area (Å²) in [7, 11) is -2.56. The fourth-order valence-electron chi connectivity index (χ4n) is 1.73. The maximum Gasteiger partial charge on any atom is 0.500 e. The van der Waals surface area contributed by atoms with E-state index in [-0.39, 0.29) is 5.91 Å². The summed E-state index contributed by atoms with van der Waals surface area (Å²) < 4.78 is 17.2. The third-order valence-corrected chi connectivity index (χ3v) is 5.52. The molecule has 0 saturated carbocycles. The highest BCUT2D eigenvalue weighted by Crippen LogP contribution is 2.17. The number of carbonyl (C=O) groups excluding carboxylic acids is 1. The quantitative estimate of drug-likeness (QED) is 0.359. The third-order valence-electron chi connectivity index (χ3n) is 2.37. The maximum absolute atomic E-state index is 11.3. The molecule has 1 amide bonds. The van der Waals surface area contributed by atoms with Crippen molar-refractivity contribution in [3.05, 3.63) is 12.2 Å². The topological polar surface area (TPSA) is 56.8 Å². The molecule has 19 heavy (non-hydrogen) atoms. The van der Waals surface area contributed by atoms with Crippen molar-refractivity contribution in [1.82, 2.24) is 5.32 Å². The summed E-state index contributed by atoms with van der Waals surface area (Å²) in [4.78, 5) is 11.3. The Kier molecular flexibility index (Phi) is 10.8. The molecule has 0 atom stereocenters. The molecular formula is C13H27NO4Si. The van der Waals surface area contributed by atoms with Crippen LogP contribution >= 0.6 is 0 Å². The zero-order valence-electron chi connectivity index (χ0n) is 12.5. The predicted molar refractivity (Wildman–Crippen MR) is 77.9 cm³/mol. The molecule has 0 aliphatic rings. The number of allylic oxidation sites excluding steroid dienone is 1. The fourth-order valence-corrected chi connectivity index (χ4v) is 4.34. The lowest BCUT2D eigenvalue weighted by molar-refractivity contribution is -0.116. The Hall–Kier alpha value is -0.693. The molecule has 0 heterocycles. The summed E-state index contributed by atoms with van der Waals surface area (Å²) in [6.45, 7) is 9.97. The van der Waals surface area contributed by atoms with Crippen LogP contribution < -0.4 is 5.32 Å². The standard InChI is InChI=1S/C13H27NO4Si/c1-5-10-13(15)14-11-9-12-19(16-6-2,17-7-3)18-8-4/h5,10H,6-9,11-12H2,1-4H3,(H,14,15). The Morgan fingerprint density at radius 3 is 2.05 bits per heavy atom. The first-order chi connectivity index (χ1) is 9.14. The SMILES string of the molecule is CC=CC(=O)NCCC[Si](OCC)(OCC)OCC. The van der Waals surface area contributed by atoms with Crippen LogP contribution in [0.15, 0.2) is 12.2 Å². The molecule has 0 saturated heterocycles. The molecule has 0 aliphatic heterocycles. The first-order valence-electron chi connectivity index (χ1n) is 6.96. The largest absolute Gasteiger partial charge is 0.500 e. The van der Waals surface area contributed by atoms with Gasteiger partial charge in [0.05, 0.1) is 0 Å². The van der Waals surface area contributed by atoms with Crippen molar-refractivity contribution >= 4 is 14.7 Å². The zero-order chi connectivity index (χ0) is 14.6. The molecule has 0 bridgehead atoms. The smallest absolute Gasteiger partial charge is 0.374 e. The van der Waals surface area contributed by atoms with Crippen LogP contribution in [0.2, 0.25) is 6.04 Å². The molecule has 0 spiro atoms. The fraction of sp³-hybridized carbons (Fsp3) is 0.769. The average Bonchev–Trinajstić information content (AvgIpc) is 2.36. The van der Waals surface area contributed by atoms with E-state index < -0.39 is 8.80 Å². The van der Waals surface area contributed by atoms with E-state index in [0.29, 0.717) is 26.4 Å². The van der Waals surface area contributed by atoms with Gasteiger partial charge in [-0.3, -0.25) is 4.79 Å². The maximum atomic E-state index is 11.3. The summed E-state index contributed by atoms with van der Waals surface area (Å²) >= 11 is 0. The summed E-state index contributed by atoms with van der Waals surface area (Å²) in [5, 5.41) is 2.81. The van der Waals surface area contributed by atoms with Crippen LogP contribution in [0.3, 0.4) is 0 Å². The van der Waals surface area contributed by atoms with Gasteiger partial charge in [-0.2, -0.15) is 0 Å². The second-order valence-electron chi connectivity index (χ2n) is 3.88. The van der Waals surface area contributed by atoms with Crippen LogP contribution in [0.4, 0.5) is 0 Å². The van der Waals surface area contributed by atoms with Gasteiger partial charge in [-0.05, 0) is 40.2 Å². The molecule has 0 aromatic rings. The normalized spacial score (nSPS) is 12.0. The van der Waals surface area contributed by atoms with E-state index >= 15 is 0 Å². The molecule has 0 unspecified atom stereocenters. The number of hydrogen-bond acceptors (Lipinski definition) is 4. The van der Waals surface area contributed by atoms with Gasteiger partial charge in [0, 0.05) is 32.4 Å². The van der Waals surface area contributed by atoms with Crippen molar-refractivity contribution < 1.29 is 18.1 Å². The van der Waals surface area contributed by atoms with Crippen molar-refractivity contribution in [2.24, 2.45) is 0 Å². The van der Waals surface area contributed by atoms with Gasteiger partial charge in [0.1, 0.15) is 0 Å². The van der Waals surface area contributed by atoms with Gasteiger partial charge in [-0.15, -0.1) is 0 Å². The van der Waals surface area contributed by atoms with Gasteiger partial charge in [0.2, 0.25) is 5.91 Å².